The predicted octanol–water partition coefficient (Wildman–Crippen LogP) is 2.07. The van der Waals surface area contributed by atoms with Gasteiger partial charge in [-0.3, -0.25) is 4.40 Å². The number of fused-ring (bicyclic) bond motifs is 3. The minimum absolute atomic E-state index is 0.688. The van der Waals surface area contributed by atoms with Gasteiger partial charge in [0, 0.05) is 24.7 Å². The molecule has 1 aromatic carbocycles. The number of likely N-dealkylation sites (N-methyl/N-ethyl adjacent to an activating group) is 1. The maximum absolute atomic E-state index is 6.11. The number of hydrogen-bond acceptors (Lipinski definition) is 5. The van der Waals surface area contributed by atoms with E-state index in [4.69, 9.17) is 16.6 Å². The van der Waals surface area contributed by atoms with Crippen molar-refractivity contribution in [3.8, 4) is 0 Å². The molecule has 4 rings (SSSR count). The molecule has 0 atom stereocenters. The van der Waals surface area contributed by atoms with Crippen LogP contribution in [0.2, 0.25) is 5.02 Å². The monoisotopic (exact) mass is 316 g/mol. The van der Waals surface area contributed by atoms with Crippen molar-refractivity contribution in [1.82, 2.24) is 24.5 Å². The first kappa shape index (κ1) is 13.7. The summed E-state index contributed by atoms with van der Waals surface area (Å²) in [6, 6.07) is 5.72. The molecule has 0 unspecified atom stereocenters. The molecule has 0 saturated carbocycles. The first-order chi connectivity index (χ1) is 10.7. The lowest BCUT2D eigenvalue weighted by Gasteiger charge is -2.22. The van der Waals surface area contributed by atoms with Crippen LogP contribution in [0.5, 0.6) is 0 Å². The Morgan fingerprint density at radius 1 is 1.14 bits per heavy atom. The van der Waals surface area contributed by atoms with Gasteiger partial charge in [-0.2, -0.15) is 0 Å². The number of rotatable bonds is 1. The van der Waals surface area contributed by atoms with Crippen molar-refractivity contribution >= 4 is 34.1 Å². The van der Waals surface area contributed by atoms with E-state index in [0.717, 1.165) is 55.1 Å². The highest BCUT2D eigenvalue weighted by Crippen LogP contribution is 2.25. The van der Waals surface area contributed by atoms with Crippen LogP contribution in [0.4, 0.5) is 5.82 Å². The van der Waals surface area contributed by atoms with E-state index in [1.807, 2.05) is 22.6 Å². The molecule has 0 spiro atoms. The molecule has 1 aliphatic rings. The van der Waals surface area contributed by atoms with Crippen molar-refractivity contribution in [1.29, 1.82) is 0 Å². The van der Waals surface area contributed by atoms with Crippen LogP contribution >= 0.6 is 11.6 Å². The maximum Gasteiger partial charge on any atom is 0.204 e. The third-order valence-electron chi connectivity index (χ3n) is 4.19. The molecule has 1 saturated heterocycles. The van der Waals surface area contributed by atoms with Gasteiger partial charge in [0.15, 0.2) is 5.82 Å². The maximum atomic E-state index is 6.11. The molecular weight excluding hydrogens is 300 g/mol. The summed E-state index contributed by atoms with van der Waals surface area (Å²) in [6.45, 7) is 4.08. The zero-order valence-electron chi connectivity index (χ0n) is 12.4. The average Bonchev–Trinajstić information content (AvgIpc) is 2.90. The van der Waals surface area contributed by atoms with Crippen LogP contribution in [0.1, 0.15) is 6.42 Å². The summed E-state index contributed by atoms with van der Waals surface area (Å²) in [5, 5.41) is 9.03. The average molecular weight is 317 g/mol. The zero-order chi connectivity index (χ0) is 15.1. The lowest BCUT2D eigenvalue weighted by molar-refractivity contribution is 0.360. The second kappa shape index (κ2) is 5.37. The number of benzene rings is 1. The Labute approximate surface area is 133 Å². The topological polar surface area (TPSA) is 49.6 Å². The van der Waals surface area contributed by atoms with Crippen LogP contribution in [0, 0.1) is 0 Å². The number of hydrogen-bond donors (Lipinski definition) is 0. The Balaban J connectivity index is 1.89. The van der Waals surface area contributed by atoms with Crippen molar-refractivity contribution in [2.24, 2.45) is 0 Å². The molecule has 22 heavy (non-hydrogen) atoms. The molecule has 3 heterocycles. The highest BCUT2D eigenvalue weighted by atomic mass is 35.5. The Morgan fingerprint density at radius 2 is 2.05 bits per heavy atom. The van der Waals surface area contributed by atoms with Crippen LogP contribution in [0.15, 0.2) is 24.5 Å². The van der Waals surface area contributed by atoms with Crippen molar-refractivity contribution in [3.05, 3.63) is 29.5 Å². The Morgan fingerprint density at radius 3 is 2.95 bits per heavy atom. The molecule has 3 aromatic rings. The Kier molecular flexibility index (Phi) is 3.35. The summed E-state index contributed by atoms with van der Waals surface area (Å²) in [7, 11) is 2.16. The van der Waals surface area contributed by atoms with Gasteiger partial charge in [-0.1, -0.05) is 11.6 Å². The standard InChI is InChI=1S/C15H17ClN6/c1-20-5-2-6-21(8-7-20)14-15-19-17-10-22(15)13-9-11(16)3-4-12(13)18-14/h3-4,9-10H,2,5-8H2,1H3. The van der Waals surface area contributed by atoms with Crippen LogP contribution in [0.3, 0.4) is 0 Å². The van der Waals surface area contributed by atoms with Gasteiger partial charge in [-0.15, -0.1) is 10.2 Å². The molecule has 1 fully saturated rings. The van der Waals surface area contributed by atoms with E-state index in [1.54, 1.807) is 6.33 Å². The lowest BCUT2D eigenvalue weighted by atomic mass is 10.3. The molecule has 0 amide bonds. The highest BCUT2D eigenvalue weighted by Gasteiger charge is 2.19. The summed E-state index contributed by atoms with van der Waals surface area (Å²) in [6.07, 6.45) is 2.85. The van der Waals surface area contributed by atoms with Crippen LogP contribution < -0.4 is 4.90 Å². The minimum Gasteiger partial charge on any atom is -0.352 e. The van der Waals surface area contributed by atoms with Gasteiger partial charge in [-0.25, -0.2) is 4.98 Å². The number of halogens is 1. The van der Waals surface area contributed by atoms with Crippen LogP contribution in [-0.2, 0) is 0 Å². The van der Waals surface area contributed by atoms with Crippen molar-refractivity contribution in [2.45, 2.75) is 6.42 Å². The number of aromatic nitrogens is 4. The van der Waals surface area contributed by atoms with Gasteiger partial charge >= 0.3 is 0 Å². The minimum atomic E-state index is 0.688. The van der Waals surface area contributed by atoms with E-state index >= 15 is 0 Å². The number of nitrogens with zero attached hydrogens (tertiary/aromatic N) is 6. The molecule has 2 aromatic heterocycles. The summed E-state index contributed by atoms with van der Waals surface area (Å²) >= 11 is 6.11. The van der Waals surface area contributed by atoms with Gasteiger partial charge in [0.2, 0.25) is 5.65 Å². The summed E-state index contributed by atoms with van der Waals surface area (Å²) in [4.78, 5) is 9.49. The molecule has 0 radical (unpaired) electrons. The molecular formula is C15H17ClN6. The largest absolute Gasteiger partial charge is 0.352 e. The molecule has 1 aliphatic heterocycles. The Bertz CT molecular complexity index is 829. The third kappa shape index (κ3) is 2.28. The van der Waals surface area contributed by atoms with E-state index < -0.39 is 0 Å². The van der Waals surface area contributed by atoms with Gasteiger partial charge in [0.25, 0.3) is 0 Å². The number of anilines is 1. The smallest absolute Gasteiger partial charge is 0.204 e. The van der Waals surface area contributed by atoms with Crippen LogP contribution in [-0.4, -0.2) is 57.7 Å². The second-order valence-electron chi connectivity index (χ2n) is 5.74. The normalized spacial score (nSPS) is 17.3. The molecule has 0 bridgehead atoms. The molecule has 0 aliphatic carbocycles. The molecule has 6 nitrogen and oxygen atoms in total. The third-order valence-corrected chi connectivity index (χ3v) is 4.43. The fraction of sp³-hybridized carbons (Fsp3) is 0.400. The predicted molar refractivity (Wildman–Crippen MR) is 87.6 cm³/mol. The van der Waals surface area contributed by atoms with Crippen molar-refractivity contribution in [3.63, 3.8) is 0 Å². The highest BCUT2D eigenvalue weighted by molar-refractivity contribution is 6.31. The van der Waals surface area contributed by atoms with E-state index in [0.29, 0.717) is 5.02 Å². The van der Waals surface area contributed by atoms with Crippen LogP contribution in [0.25, 0.3) is 16.7 Å². The van der Waals surface area contributed by atoms with E-state index in [-0.39, 0.29) is 0 Å². The van der Waals surface area contributed by atoms with Gasteiger partial charge in [-0.05, 0) is 38.2 Å². The van der Waals surface area contributed by atoms with Crippen molar-refractivity contribution in [2.75, 3.05) is 38.1 Å². The first-order valence-corrected chi connectivity index (χ1v) is 7.83. The van der Waals surface area contributed by atoms with Gasteiger partial charge in [0.05, 0.1) is 11.0 Å². The fourth-order valence-electron chi connectivity index (χ4n) is 2.98. The first-order valence-electron chi connectivity index (χ1n) is 7.45. The summed E-state index contributed by atoms with van der Waals surface area (Å²) in [5.74, 6) is 0.905. The van der Waals surface area contributed by atoms with E-state index in [9.17, 15) is 0 Å². The fourth-order valence-corrected chi connectivity index (χ4v) is 3.15. The second-order valence-corrected chi connectivity index (χ2v) is 6.17. The van der Waals surface area contributed by atoms with Gasteiger partial charge in [0.1, 0.15) is 6.33 Å². The summed E-state index contributed by atoms with van der Waals surface area (Å²) in [5.41, 5.74) is 2.63. The SMILES string of the molecule is CN1CCCN(c2nc3ccc(Cl)cc3n3cnnc23)CC1. The van der Waals surface area contributed by atoms with E-state index in [1.165, 1.54) is 0 Å². The van der Waals surface area contributed by atoms with E-state index in [2.05, 4.69) is 27.0 Å². The molecule has 0 N–H and O–H groups in total. The quantitative estimate of drug-likeness (QED) is 0.688. The molecule has 114 valence electrons. The van der Waals surface area contributed by atoms with Crippen molar-refractivity contribution < 1.29 is 0 Å². The lowest BCUT2D eigenvalue weighted by Crippen LogP contribution is -2.30. The summed E-state index contributed by atoms with van der Waals surface area (Å²) < 4.78 is 1.97. The van der Waals surface area contributed by atoms with Gasteiger partial charge < -0.3 is 9.80 Å². The Hall–Kier alpha value is -1.92. The zero-order valence-corrected chi connectivity index (χ0v) is 13.2. The molecule has 7 heteroatoms.